The molecular weight excluding hydrogens is 288 g/mol. The molecule has 0 saturated carbocycles. The Bertz CT molecular complexity index is 457. The fourth-order valence-corrected chi connectivity index (χ4v) is 2.24. The number of ether oxygens (including phenoxy) is 1. The van der Waals surface area contributed by atoms with Crippen molar-refractivity contribution in [1.29, 1.82) is 0 Å². The Hall–Kier alpha value is -1.51. The first kappa shape index (κ1) is 15.9. The van der Waals surface area contributed by atoms with Gasteiger partial charge >= 0.3 is 0 Å². The zero-order valence-corrected chi connectivity index (χ0v) is 13.3. The van der Waals surface area contributed by atoms with Crippen molar-refractivity contribution in [1.82, 2.24) is 25.6 Å². The quantitative estimate of drug-likeness (QED) is 0.527. The van der Waals surface area contributed by atoms with Crippen molar-refractivity contribution in [3.8, 4) is 0 Å². The molecule has 1 aliphatic heterocycles. The molecule has 7 nitrogen and oxygen atoms in total. The second-order valence-corrected chi connectivity index (χ2v) is 5.34. The van der Waals surface area contributed by atoms with Crippen LogP contribution in [0.2, 0.25) is 0 Å². The van der Waals surface area contributed by atoms with Gasteiger partial charge in [0.05, 0.1) is 13.2 Å². The van der Waals surface area contributed by atoms with Crippen LogP contribution >= 0.6 is 12.2 Å². The first-order valence-electron chi connectivity index (χ1n) is 7.06. The van der Waals surface area contributed by atoms with Crippen molar-refractivity contribution in [2.45, 2.75) is 13.8 Å². The van der Waals surface area contributed by atoms with E-state index >= 15 is 0 Å². The number of nitrogens with zero attached hydrogens (tertiary/aromatic N) is 3. The van der Waals surface area contributed by atoms with Gasteiger partial charge in [0.2, 0.25) is 5.95 Å². The highest BCUT2D eigenvalue weighted by molar-refractivity contribution is 7.80. The summed E-state index contributed by atoms with van der Waals surface area (Å²) in [6.45, 7) is 9.19. The Morgan fingerprint density at radius 2 is 1.95 bits per heavy atom. The van der Waals surface area contributed by atoms with Gasteiger partial charge in [-0.2, -0.15) is 0 Å². The Labute approximate surface area is 130 Å². The standard InChI is InChI=1S/C13H22N6OS/c1-10-9-11(2)16-12(15-10)17-18-13(21)14-3-4-19-5-7-20-8-6-19/h9H,3-8H2,1-2H3,(H2,14,18,21)(H,15,16,17). The Balaban J connectivity index is 1.65. The maximum atomic E-state index is 5.31. The normalized spacial score (nSPS) is 15.5. The minimum absolute atomic E-state index is 0.518. The van der Waals surface area contributed by atoms with Crippen molar-refractivity contribution in [3.05, 3.63) is 17.5 Å². The number of aryl methyl sites for hydroxylation is 2. The molecule has 8 heteroatoms. The zero-order valence-electron chi connectivity index (χ0n) is 12.5. The van der Waals surface area contributed by atoms with Gasteiger partial charge in [-0.3, -0.25) is 15.8 Å². The minimum atomic E-state index is 0.518. The molecule has 2 rings (SSSR count). The topological polar surface area (TPSA) is 74.3 Å². The molecule has 0 aromatic carbocycles. The maximum absolute atomic E-state index is 5.31. The van der Waals surface area contributed by atoms with E-state index in [0.717, 1.165) is 50.8 Å². The zero-order chi connectivity index (χ0) is 15.1. The smallest absolute Gasteiger partial charge is 0.242 e. The number of rotatable bonds is 5. The summed E-state index contributed by atoms with van der Waals surface area (Å²) in [5.74, 6) is 0.518. The van der Waals surface area contributed by atoms with Gasteiger partial charge in [0.15, 0.2) is 5.11 Å². The van der Waals surface area contributed by atoms with E-state index in [0.29, 0.717) is 11.1 Å². The summed E-state index contributed by atoms with van der Waals surface area (Å²) in [6.07, 6.45) is 0. The maximum Gasteiger partial charge on any atom is 0.242 e. The van der Waals surface area contributed by atoms with Gasteiger partial charge in [-0.25, -0.2) is 9.97 Å². The van der Waals surface area contributed by atoms with E-state index in [1.807, 2.05) is 19.9 Å². The predicted molar refractivity (Wildman–Crippen MR) is 86.1 cm³/mol. The van der Waals surface area contributed by atoms with Crippen molar-refractivity contribution in [3.63, 3.8) is 0 Å². The first-order chi connectivity index (χ1) is 10.1. The molecule has 1 aromatic heterocycles. The monoisotopic (exact) mass is 310 g/mol. The summed E-state index contributed by atoms with van der Waals surface area (Å²) in [5, 5.41) is 3.68. The molecule has 1 aromatic rings. The highest BCUT2D eigenvalue weighted by atomic mass is 32.1. The molecule has 2 heterocycles. The second-order valence-electron chi connectivity index (χ2n) is 4.93. The van der Waals surface area contributed by atoms with Crippen LogP contribution in [-0.2, 0) is 4.74 Å². The molecule has 0 amide bonds. The fourth-order valence-electron chi connectivity index (χ4n) is 2.09. The average Bonchev–Trinajstić information content (AvgIpc) is 2.45. The molecule has 21 heavy (non-hydrogen) atoms. The van der Waals surface area contributed by atoms with Gasteiger partial charge in [-0.1, -0.05) is 0 Å². The molecule has 1 saturated heterocycles. The molecule has 0 atom stereocenters. The summed E-state index contributed by atoms with van der Waals surface area (Å²) in [7, 11) is 0. The molecule has 3 N–H and O–H groups in total. The third kappa shape index (κ3) is 5.78. The fraction of sp³-hybridized carbons (Fsp3) is 0.615. The Morgan fingerprint density at radius 3 is 2.62 bits per heavy atom. The number of morpholine rings is 1. The number of hydrazine groups is 1. The van der Waals surface area contributed by atoms with Gasteiger partial charge in [0.25, 0.3) is 0 Å². The van der Waals surface area contributed by atoms with Crippen LogP contribution in [0, 0.1) is 13.8 Å². The lowest BCUT2D eigenvalue weighted by Crippen LogP contribution is -2.45. The van der Waals surface area contributed by atoms with Crippen molar-refractivity contribution >= 4 is 23.3 Å². The van der Waals surface area contributed by atoms with E-state index < -0.39 is 0 Å². The highest BCUT2D eigenvalue weighted by Crippen LogP contribution is 2.02. The van der Waals surface area contributed by atoms with Gasteiger partial charge in [0, 0.05) is 37.6 Å². The minimum Gasteiger partial charge on any atom is -0.379 e. The summed E-state index contributed by atoms with van der Waals surface area (Å²) in [4.78, 5) is 10.9. The van der Waals surface area contributed by atoms with Crippen LogP contribution in [0.1, 0.15) is 11.4 Å². The van der Waals surface area contributed by atoms with Gasteiger partial charge in [0.1, 0.15) is 0 Å². The average molecular weight is 310 g/mol. The lowest BCUT2D eigenvalue weighted by Gasteiger charge is -2.26. The summed E-state index contributed by atoms with van der Waals surface area (Å²) >= 11 is 5.20. The van der Waals surface area contributed by atoms with E-state index in [1.54, 1.807) is 0 Å². The molecule has 116 valence electrons. The third-order valence-corrected chi connectivity index (χ3v) is 3.33. The van der Waals surface area contributed by atoms with Gasteiger partial charge < -0.3 is 10.1 Å². The molecule has 1 fully saturated rings. The highest BCUT2D eigenvalue weighted by Gasteiger charge is 2.09. The van der Waals surface area contributed by atoms with Crippen molar-refractivity contribution in [2.24, 2.45) is 0 Å². The van der Waals surface area contributed by atoms with E-state index in [1.165, 1.54) is 0 Å². The predicted octanol–water partition coefficient (Wildman–Crippen LogP) is 0.217. The van der Waals surface area contributed by atoms with E-state index in [4.69, 9.17) is 17.0 Å². The van der Waals surface area contributed by atoms with Crippen LogP contribution in [0.4, 0.5) is 5.95 Å². The Kier molecular flexibility index (Phi) is 6.09. The number of anilines is 1. The lowest BCUT2D eigenvalue weighted by molar-refractivity contribution is 0.0389. The third-order valence-electron chi connectivity index (χ3n) is 3.09. The number of aromatic nitrogens is 2. The first-order valence-corrected chi connectivity index (χ1v) is 7.46. The van der Waals surface area contributed by atoms with Crippen LogP contribution in [-0.4, -0.2) is 59.4 Å². The molecular formula is C13H22N6OS. The van der Waals surface area contributed by atoms with Gasteiger partial charge in [-0.05, 0) is 32.1 Å². The summed E-state index contributed by atoms with van der Waals surface area (Å²) in [5.41, 5.74) is 7.63. The molecule has 1 aliphatic rings. The Morgan fingerprint density at radius 1 is 1.29 bits per heavy atom. The molecule has 0 radical (unpaired) electrons. The molecule has 0 bridgehead atoms. The summed E-state index contributed by atoms with van der Waals surface area (Å²) < 4.78 is 5.31. The largest absolute Gasteiger partial charge is 0.379 e. The summed E-state index contributed by atoms with van der Waals surface area (Å²) in [6, 6.07) is 1.92. The van der Waals surface area contributed by atoms with Crippen LogP contribution in [0.3, 0.4) is 0 Å². The SMILES string of the molecule is Cc1cc(C)nc(NNC(=S)NCCN2CCOCC2)n1. The van der Waals surface area contributed by atoms with E-state index in [-0.39, 0.29) is 0 Å². The molecule has 0 aliphatic carbocycles. The number of thiocarbonyl (C=S) groups is 1. The second kappa shape index (κ2) is 8.06. The van der Waals surface area contributed by atoms with Crippen molar-refractivity contribution in [2.75, 3.05) is 44.8 Å². The van der Waals surface area contributed by atoms with Gasteiger partial charge in [-0.15, -0.1) is 0 Å². The molecule has 0 spiro atoms. The molecule has 0 unspecified atom stereocenters. The van der Waals surface area contributed by atoms with Crippen LogP contribution in [0.5, 0.6) is 0 Å². The lowest BCUT2D eigenvalue weighted by atomic mass is 10.4. The van der Waals surface area contributed by atoms with Crippen LogP contribution < -0.4 is 16.2 Å². The van der Waals surface area contributed by atoms with Crippen molar-refractivity contribution < 1.29 is 4.74 Å². The van der Waals surface area contributed by atoms with Crippen LogP contribution in [0.25, 0.3) is 0 Å². The number of hydrogen-bond donors (Lipinski definition) is 3. The van der Waals surface area contributed by atoms with Crippen LogP contribution in [0.15, 0.2) is 6.07 Å². The van der Waals surface area contributed by atoms with E-state index in [9.17, 15) is 0 Å². The number of nitrogens with one attached hydrogen (secondary N) is 3. The van der Waals surface area contributed by atoms with E-state index in [2.05, 4.69) is 31.0 Å². The number of hydrogen-bond acceptors (Lipinski definition) is 6.